The third-order valence-corrected chi connectivity index (χ3v) is 4.25. The monoisotopic (exact) mass is 288 g/mol. The maximum absolute atomic E-state index is 12.3. The first-order valence-electron chi connectivity index (χ1n) is 7.60. The summed E-state index contributed by atoms with van der Waals surface area (Å²) in [7, 11) is 0. The molecule has 0 heterocycles. The van der Waals surface area contributed by atoms with Crippen molar-refractivity contribution in [3.63, 3.8) is 0 Å². The Kier molecular flexibility index (Phi) is 4.99. The van der Waals surface area contributed by atoms with E-state index < -0.39 is 17.8 Å². The Balaban J connectivity index is 2.04. The van der Waals surface area contributed by atoms with Crippen LogP contribution in [0.25, 0.3) is 0 Å². The van der Waals surface area contributed by atoms with Crippen molar-refractivity contribution in [2.45, 2.75) is 45.4 Å². The zero-order valence-electron chi connectivity index (χ0n) is 12.6. The van der Waals surface area contributed by atoms with E-state index in [1.54, 1.807) is 0 Å². The number of anilines is 1. The van der Waals surface area contributed by atoms with Crippen LogP contribution in [-0.2, 0) is 9.59 Å². The van der Waals surface area contributed by atoms with E-state index >= 15 is 0 Å². The average Bonchev–Trinajstić information content (AvgIpc) is 2.47. The lowest BCUT2D eigenvalue weighted by Crippen LogP contribution is -2.42. The summed E-state index contributed by atoms with van der Waals surface area (Å²) >= 11 is 0. The molecule has 114 valence electrons. The first kappa shape index (κ1) is 15.5. The smallest absolute Gasteiger partial charge is 0.228 e. The van der Waals surface area contributed by atoms with Crippen LogP contribution >= 0.6 is 0 Å². The molecule has 1 saturated carbocycles. The molecule has 0 saturated heterocycles. The number of hydrogen-bond donors (Lipinski definition) is 1. The number of carboxylic acids is 1. The second-order valence-electron chi connectivity index (χ2n) is 6.08. The van der Waals surface area contributed by atoms with Gasteiger partial charge in [0.25, 0.3) is 0 Å². The lowest BCUT2D eigenvalue weighted by Gasteiger charge is -2.31. The Morgan fingerprint density at radius 1 is 1.10 bits per heavy atom. The highest BCUT2D eigenvalue weighted by Gasteiger charge is 2.31. The molecule has 4 heteroatoms. The van der Waals surface area contributed by atoms with Gasteiger partial charge in [0, 0.05) is 23.5 Å². The molecular formula is C17H22NO3-. The Labute approximate surface area is 125 Å². The predicted octanol–water partition coefficient (Wildman–Crippen LogP) is 2.30. The molecule has 21 heavy (non-hydrogen) atoms. The minimum Gasteiger partial charge on any atom is -0.550 e. The van der Waals surface area contributed by atoms with E-state index in [0.29, 0.717) is 24.4 Å². The fourth-order valence-corrected chi connectivity index (χ4v) is 2.91. The normalized spacial score (nSPS) is 22.0. The topological polar surface area (TPSA) is 69.2 Å². The van der Waals surface area contributed by atoms with E-state index in [4.69, 9.17) is 0 Å². The lowest BCUT2D eigenvalue weighted by molar-refractivity contribution is -0.313. The van der Waals surface area contributed by atoms with Gasteiger partial charge in [0.15, 0.2) is 0 Å². The van der Waals surface area contributed by atoms with Crippen molar-refractivity contribution in [2.75, 3.05) is 5.32 Å². The molecule has 0 radical (unpaired) electrons. The van der Waals surface area contributed by atoms with Crippen molar-refractivity contribution in [3.05, 3.63) is 29.8 Å². The maximum atomic E-state index is 12.3. The molecule has 0 unspecified atom stereocenters. The number of rotatable bonds is 4. The number of nitrogens with one attached hydrogen (secondary N) is 1. The first-order chi connectivity index (χ1) is 9.99. The fourth-order valence-electron chi connectivity index (χ4n) is 2.91. The quantitative estimate of drug-likeness (QED) is 0.924. The van der Waals surface area contributed by atoms with Crippen molar-refractivity contribution in [3.8, 4) is 0 Å². The Hall–Kier alpha value is -1.84. The summed E-state index contributed by atoms with van der Waals surface area (Å²) in [5, 5.41) is 14.0. The van der Waals surface area contributed by atoms with E-state index in [9.17, 15) is 14.7 Å². The minimum absolute atomic E-state index is 0.207. The summed E-state index contributed by atoms with van der Waals surface area (Å²) in [5.41, 5.74) is 1.92. The van der Waals surface area contributed by atoms with Crippen LogP contribution in [0.5, 0.6) is 0 Å². The average molecular weight is 288 g/mol. The molecule has 2 atom stereocenters. The van der Waals surface area contributed by atoms with Crippen LogP contribution in [-0.4, -0.2) is 11.9 Å². The summed E-state index contributed by atoms with van der Waals surface area (Å²) in [6.07, 6.45) is 2.90. The van der Waals surface area contributed by atoms with Crippen LogP contribution in [0.2, 0.25) is 0 Å². The molecule has 0 aliphatic heterocycles. The molecule has 1 aliphatic carbocycles. The van der Waals surface area contributed by atoms with Gasteiger partial charge in [-0.05, 0) is 36.5 Å². The van der Waals surface area contributed by atoms with Gasteiger partial charge in [0.2, 0.25) is 5.91 Å². The third-order valence-electron chi connectivity index (χ3n) is 4.25. The van der Waals surface area contributed by atoms with Crippen LogP contribution in [0.15, 0.2) is 24.3 Å². The van der Waals surface area contributed by atoms with Crippen molar-refractivity contribution < 1.29 is 14.7 Å². The molecule has 2 rings (SSSR count). The highest BCUT2D eigenvalue weighted by molar-refractivity contribution is 5.95. The molecule has 0 aromatic heterocycles. The van der Waals surface area contributed by atoms with Crippen LogP contribution in [0.4, 0.5) is 5.69 Å². The second kappa shape index (κ2) is 6.74. The number of benzene rings is 1. The number of hydrogen-bond acceptors (Lipinski definition) is 3. The van der Waals surface area contributed by atoms with Gasteiger partial charge in [-0.25, -0.2) is 0 Å². The molecule has 1 amide bonds. The molecule has 4 nitrogen and oxygen atoms in total. The minimum atomic E-state index is -1.11. The molecule has 0 spiro atoms. The van der Waals surface area contributed by atoms with E-state index in [0.717, 1.165) is 12.8 Å². The van der Waals surface area contributed by atoms with Crippen molar-refractivity contribution in [1.82, 2.24) is 0 Å². The molecule has 0 bridgehead atoms. The van der Waals surface area contributed by atoms with E-state index in [2.05, 4.69) is 19.2 Å². The van der Waals surface area contributed by atoms with Gasteiger partial charge in [0.05, 0.1) is 0 Å². The fraction of sp³-hybridized carbons (Fsp3) is 0.529. The molecular weight excluding hydrogens is 266 g/mol. The second-order valence-corrected chi connectivity index (χ2v) is 6.08. The van der Waals surface area contributed by atoms with E-state index in [1.807, 2.05) is 24.3 Å². The largest absolute Gasteiger partial charge is 0.550 e. The van der Waals surface area contributed by atoms with Crippen molar-refractivity contribution in [1.29, 1.82) is 0 Å². The predicted molar refractivity (Wildman–Crippen MR) is 79.6 cm³/mol. The van der Waals surface area contributed by atoms with Gasteiger partial charge in [-0.15, -0.1) is 0 Å². The van der Waals surface area contributed by atoms with Crippen LogP contribution < -0.4 is 10.4 Å². The Morgan fingerprint density at radius 3 is 2.19 bits per heavy atom. The third kappa shape index (κ3) is 3.84. The van der Waals surface area contributed by atoms with Crippen molar-refractivity contribution in [2.24, 2.45) is 11.8 Å². The summed E-state index contributed by atoms with van der Waals surface area (Å²) in [5.74, 6) is -2.01. The van der Waals surface area contributed by atoms with E-state index in [1.165, 1.54) is 5.56 Å². The zero-order valence-corrected chi connectivity index (χ0v) is 12.6. The standard InChI is InChI=1S/C17H23NO3/c1-11(2)12-7-9-13(10-8-12)18-16(19)14-5-3-4-6-15(14)17(20)21/h7-11,14-15H,3-6H2,1-2H3,(H,18,19)(H,20,21)/p-1/t14-,15-/m1/s1. The molecule has 1 aromatic rings. The van der Waals surface area contributed by atoms with Gasteiger partial charge in [-0.3, -0.25) is 4.79 Å². The number of carboxylic acid groups (broad SMARTS) is 1. The zero-order chi connectivity index (χ0) is 15.4. The Bertz CT molecular complexity index is 507. The highest BCUT2D eigenvalue weighted by atomic mass is 16.4. The van der Waals surface area contributed by atoms with Gasteiger partial charge < -0.3 is 15.2 Å². The lowest BCUT2D eigenvalue weighted by atomic mass is 9.78. The molecule has 1 aliphatic rings. The van der Waals surface area contributed by atoms with Gasteiger partial charge in [-0.1, -0.05) is 38.8 Å². The van der Waals surface area contributed by atoms with Crippen molar-refractivity contribution >= 4 is 17.6 Å². The maximum Gasteiger partial charge on any atom is 0.228 e. The number of amides is 1. The molecule has 1 N–H and O–H groups in total. The van der Waals surface area contributed by atoms with Gasteiger partial charge in [0.1, 0.15) is 0 Å². The summed E-state index contributed by atoms with van der Waals surface area (Å²) in [6, 6.07) is 7.70. The van der Waals surface area contributed by atoms with Crippen LogP contribution in [0.1, 0.15) is 51.0 Å². The molecule has 1 fully saturated rings. The van der Waals surface area contributed by atoms with Crippen LogP contribution in [0, 0.1) is 11.8 Å². The Morgan fingerprint density at radius 2 is 1.67 bits per heavy atom. The van der Waals surface area contributed by atoms with Gasteiger partial charge >= 0.3 is 0 Å². The summed E-state index contributed by atoms with van der Waals surface area (Å²) in [4.78, 5) is 23.4. The number of aliphatic carboxylic acids is 1. The number of carbonyl (C=O) groups excluding carboxylic acids is 2. The summed E-state index contributed by atoms with van der Waals surface area (Å²) < 4.78 is 0. The van der Waals surface area contributed by atoms with Gasteiger partial charge in [-0.2, -0.15) is 0 Å². The highest BCUT2D eigenvalue weighted by Crippen LogP contribution is 2.30. The van der Waals surface area contributed by atoms with Crippen LogP contribution in [0.3, 0.4) is 0 Å². The van der Waals surface area contributed by atoms with E-state index in [-0.39, 0.29) is 5.91 Å². The first-order valence-corrected chi connectivity index (χ1v) is 7.60. The summed E-state index contributed by atoms with van der Waals surface area (Å²) in [6.45, 7) is 4.22. The molecule has 1 aromatic carbocycles. The SMILES string of the molecule is CC(C)c1ccc(NC(=O)[C@@H]2CCCC[C@H]2C(=O)[O-])cc1. The number of carbonyl (C=O) groups is 2.